The number of amides is 1. The zero-order chi connectivity index (χ0) is 19.6. The number of halogens is 1. The van der Waals surface area contributed by atoms with Gasteiger partial charge in [-0.05, 0) is 63.3 Å². The zero-order valence-corrected chi connectivity index (χ0v) is 15.7. The molecule has 0 fully saturated rings. The van der Waals surface area contributed by atoms with Gasteiger partial charge in [0, 0.05) is 24.2 Å². The maximum Gasteiger partial charge on any atom is 0.269 e. The number of carbonyl (C=O) groups excluding carboxylic acids is 1. The van der Waals surface area contributed by atoms with E-state index in [0.29, 0.717) is 22.8 Å². The first-order chi connectivity index (χ1) is 12.8. The van der Waals surface area contributed by atoms with Crippen molar-refractivity contribution < 1.29 is 13.7 Å². The molecule has 2 heterocycles. The molecule has 0 bridgehead atoms. The van der Waals surface area contributed by atoms with Crippen molar-refractivity contribution in [2.75, 3.05) is 0 Å². The Morgan fingerprint density at radius 3 is 2.63 bits per heavy atom. The Balaban J connectivity index is 1.88. The quantitative estimate of drug-likeness (QED) is 0.743. The SMILES string of the molecule is Cc1onc(-c2ccc(F)cc2)c1/C=C/c1cc(C(=O)NC(C)C)n(C)n1. The van der Waals surface area contributed by atoms with E-state index in [4.69, 9.17) is 4.52 Å². The number of benzene rings is 1. The highest BCUT2D eigenvalue weighted by molar-refractivity contribution is 5.93. The Hall–Kier alpha value is -3.22. The molecule has 0 saturated carbocycles. The van der Waals surface area contributed by atoms with Crippen LogP contribution in [0.15, 0.2) is 34.9 Å². The van der Waals surface area contributed by atoms with Crippen LogP contribution in [-0.4, -0.2) is 26.9 Å². The molecular formula is C20H21FN4O2. The van der Waals surface area contributed by atoms with Gasteiger partial charge in [-0.15, -0.1) is 0 Å². The van der Waals surface area contributed by atoms with Crippen molar-refractivity contribution in [2.45, 2.75) is 26.8 Å². The number of carbonyl (C=O) groups is 1. The maximum absolute atomic E-state index is 13.2. The standard InChI is InChI=1S/C20H21FN4O2/c1-12(2)22-20(26)18-11-16(23-25(18)4)9-10-17-13(3)27-24-19(17)14-5-7-15(21)8-6-14/h5-12H,1-4H3,(H,22,26)/b10-9+. The van der Waals surface area contributed by atoms with E-state index in [1.807, 2.05) is 19.9 Å². The molecular weight excluding hydrogens is 347 g/mol. The zero-order valence-electron chi connectivity index (χ0n) is 15.7. The third-order valence-electron chi connectivity index (χ3n) is 4.00. The molecule has 1 aromatic carbocycles. The lowest BCUT2D eigenvalue weighted by molar-refractivity contribution is 0.0933. The number of rotatable bonds is 5. The fourth-order valence-corrected chi connectivity index (χ4v) is 2.68. The smallest absolute Gasteiger partial charge is 0.269 e. The van der Waals surface area contributed by atoms with Gasteiger partial charge in [0.2, 0.25) is 0 Å². The van der Waals surface area contributed by atoms with Crippen LogP contribution in [0.4, 0.5) is 4.39 Å². The van der Waals surface area contributed by atoms with Gasteiger partial charge in [0.25, 0.3) is 5.91 Å². The molecule has 3 aromatic rings. The van der Waals surface area contributed by atoms with Gasteiger partial charge in [-0.1, -0.05) is 5.16 Å². The number of aromatic nitrogens is 3. The van der Waals surface area contributed by atoms with Gasteiger partial charge in [0.15, 0.2) is 0 Å². The summed E-state index contributed by atoms with van der Waals surface area (Å²) in [5.41, 5.74) is 3.27. The number of nitrogens with zero attached hydrogens (tertiary/aromatic N) is 3. The molecule has 0 spiro atoms. The normalized spacial score (nSPS) is 11.5. The van der Waals surface area contributed by atoms with Crippen molar-refractivity contribution in [3.05, 3.63) is 58.9 Å². The first kappa shape index (κ1) is 18.6. The molecule has 1 N–H and O–H groups in total. The van der Waals surface area contributed by atoms with E-state index in [0.717, 1.165) is 11.1 Å². The van der Waals surface area contributed by atoms with E-state index in [-0.39, 0.29) is 17.8 Å². The lowest BCUT2D eigenvalue weighted by Crippen LogP contribution is -2.31. The highest BCUT2D eigenvalue weighted by Crippen LogP contribution is 2.27. The Kier molecular flexibility index (Phi) is 5.21. The average Bonchev–Trinajstić information content (AvgIpc) is 3.16. The predicted octanol–water partition coefficient (Wildman–Crippen LogP) is 3.83. The molecule has 0 aliphatic rings. The molecule has 3 rings (SSSR count). The summed E-state index contributed by atoms with van der Waals surface area (Å²) >= 11 is 0. The molecule has 0 aliphatic carbocycles. The fraction of sp³-hybridized carbons (Fsp3) is 0.250. The van der Waals surface area contributed by atoms with Crippen molar-refractivity contribution in [3.8, 4) is 11.3 Å². The van der Waals surface area contributed by atoms with Gasteiger partial charge in [0.1, 0.15) is 23.0 Å². The summed E-state index contributed by atoms with van der Waals surface area (Å²) in [6.07, 6.45) is 3.62. The lowest BCUT2D eigenvalue weighted by Gasteiger charge is -2.07. The second-order valence-corrected chi connectivity index (χ2v) is 6.55. The number of nitrogens with one attached hydrogen (secondary N) is 1. The van der Waals surface area contributed by atoms with Crippen molar-refractivity contribution in [1.82, 2.24) is 20.3 Å². The Morgan fingerprint density at radius 2 is 1.96 bits per heavy atom. The molecule has 6 nitrogen and oxygen atoms in total. The van der Waals surface area contributed by atoms with Crippen LogP contribution in [0.2, 0.25) is 0 Å². The van der Waals surface area contributed by atoms with Crippen LogP contribution in [0.3, 0.4) is 0 Å². The van der Waals surface area contributed by atoms with Gasteiger partial charge in [-0.2, -0.15) is 5.10 Å². The Morgan fingerprint density at radius 1 is 1.26 bits per heavy atom. The second-order valence-electron chi connectivity index (χ2n) is 6.55. The van der Waals surface area contributed by atoms with Crippen molar-refractivity contribution in [2.24, 2.45) is 7.05 Å². The maximum atomic E-state index is 13.2. The van der Waals surface area contributed by atoms with Crippen LogP contribution in [0, 0.1) is 12.7 Å². The van der Waals surface area contributed by atoms with Gasteiger partial charge < -0.3 is 9.84 Å². The molecule has 0 saturated heterocycles. The molecule has 140 valence electrons. The highest BCUT2D eigenvalue weighted by atomic mass is 19.1. The van der Waals surface area contributed by atoms with Gasteiger partial charge in [-0.3, -0.25) is 9.48 Å². The molecule has 2 aromatic heterocycles. The second kappa shape index (κ2) is 7.57. The summed E-state index contributed by atoms with van der Waals surface area (Å²) in [5, 5.41) is 11.3. The summed E-state index contributed by atoms with van der Waals surface area (Å²) in [4.78, 5) is 12.2. The van der Waals surface area contributed by atoms with E-state index in [9.17, 15) is 9.18 Å². The average molecular weight is 368 g/mol. The van der Waals surface area contributed by atoms with E-state index >= 15 is 0 Å². The third kappa shape index (κ3) is 4.13. The molecule has 0 radical (unpaired) electrons. The third-order valence-corrected chi connectivity index (χ3v) is 4.00. The van der Waals surface area contributed by atoms with Crippen molar-refractivity contribution >= 4 is 18.1 Å². The van der Waals surface area contributed by atoms with Crippen molar-refractivity contribution in [1.29, 1.82) is 0 Å². The molecule has 0 aliphatic heterocycles. The minimum absolute atomic E-state index is 0.0457. The minimum atomic E-state index is -0.309. The van der Waals surface area contributed by atoms with Crippen LogP contribution in [0.1, 0.15) is 41.4 Å². The van der Waals surface area contributed by atoms with E-state index in [1.165, 1.54) is 12.1 Å². The summed E-state index contributed by atoms with van der Waals surface area (Å²) in [5.74, 6) is 0.156. The van der Waals surface area contributed by atoms with Gasteiger partial charge in [0.05, 0.1) is 5.69 Å². The van der Waals surface area contributed by atoms with Gasteiger partial charge >= 0.3 is 0 Å². The molecule has 27 heavy (non-hydrogen) atoms. The van der Waals surface area contributed by atoms with Crippen LogP contribution >= 0.6 is 0 Å². The van der Waals surface area contributed by atoms with Gasteiger partial charge in [-0.25, -0.2) is 4.39 Å². The minimum Gasteiger partial charge on any atom is -0.360 e. The van der Waals surface area contributed by atoms with Crippen LogP contribution in [0.25, 0.3) is 23.4 Å². The highest BCUT2D eigenvalue weighted by Gasteiger charge is 2.15. The summed E-state index contributed by atoms with van der Waals surface area (Å²) < 4.78 is 20.0. The Labute approximate surface area is 156 Å². The molecule has 0 atom stereocenters. The first-order valence-electron chi connectivity index (χ1n) is 8.60. The predicted molar refractivity (Wildman–Crippen MR) is 101 cm³/mol. The van der Waals surface area contributed by atoms with E-state index in [1.54, 1.807) is 42.9 Å². The monoisotopic (exact) mass is 368 g/mol. The molecule has 0 unspecified atom stereocenters. The topological polar surface area (TPSA) is 73.0 Å². The van der Waals surface area contributed by atoms with E-state index < -0.39 is 0 Å². The summed E-state index contributed by atoms with van der Waals surface area (Å²) in [6.45, 7) is 5.61. The van der Waals surface area contributed by atoms with Crippen LogP contribution < -0.4 is 5.32 Å². The number of aryl methyl sites for hydroxylation is 2. The largest absolute Gasteiger partial charge is 0.360 e. The Bertz CT molecular complexity index is 984. The lowest BCUT2D eigenvalue weighted by atomic mass is 10.1. The van der Waals surface area contributed by atoms with E-state index in [2.05, 4.69) is 15.6 Å². The molecule has 7 heteroatoms. The number of hydrogen-bond acceptors (Lipinski definition) is 4. The fourth-order valence-electron chi connectivity index (χ4n) is 2.68. The number of hydrogen-bond donors (Lipinski definition) is 1. The summed E-state index contributed by atoms with van der Waals surface area (Å²) in [6, 6.07) is 7.83. The molecule has 1 amide bonds. The van der Waals surface area contributed by atoms with Crippen LogP contribution in [-0.2, 0) is 7.05 Å². The van der Waals surface area contributed by atoms with Crippen LogP contribution in [0.5, 0.6) is 0 Å². The first-order valence-corrected chi connectivity index (χ1v) is 8.60. The summed E-state index contributed by atoms with van der Waals surface area (Å²) in [7, 11) is 1.72. The van der Waals surface area contributed by atoms with Crippen molar-refractivity contribution in [3.63, 3.8) is 0 Å².